The van der Waals surface area contributed by atoms with Gasteiger partial charge in [0.25, 0.3) is 0 Å². The average molecular weight is 278 g/mol. The number of aryl methyl sites for hydroxylation is 2. The third kappa shape index (κ3) is 3.01. The van der Waals surface area contributed by atoms with Crippen molar-refractivity contribution in [3.8, 4) is 0 Å². The van der Waals surface area contributed by atoms with E-state index in [1.54, 1.807) is 10.7 Å². The number of nitrogens with zero attached hydrogens (tertiary/aromatic N) is 3. The van der Waals surface area contributed by atoms with Gasteiger partial charge in [-0.2, -0.15) is 5.10 Å². The minimum atomic E-state index is -0.0287. The van der Waals surface area contributed by atoms with E-state index in [0.717, 1.165) is 18.5 Å². The second kappa shape index (κ2) is 5.97. The zero-order valence-electron chi connectivity index (χ0n) is 11.1. The zero-order chi connectivity index (χ0) is 13.8. The molecule has 0 spiro atoms. The minimum absolute atomic E-state index is 0.0287. The van der Waals surface area contributed by atoms with Crippen molar-refractivity contribution in [1.29, 1.82) is 0 Å². The fraction of sp³-hybridized carbons (Fsp3) is 0.357. The Kier molecular flexibility index (Phi) is 4.32. The number of Topliss-reactive ketones (excluding diaryl/α,β-unsaturated/α-hetero) is 1. The van der Waals surface area contributed by atoms with Crippen LogP contribution in [0.15, 0.2) is 24.5 Å². The molecule has 0 radical (unpaired) electrons. The SMILES string of the molecule is CCCn1ncnc1CC(=O)c1cccc(C)c1Cl. The number of benzene rings is 1. The van der Waals surface area contributed by atoms with Gasteiger partial charge in [0, 0.05) is 12.1 Å². The summed E-state index contributed by atoms with van der Waals surface area (Å²) in [4.78, 5) is 16.4. The third-order valence-electron chi connectivity index (χ3n) is 2.94. The van der Waals surface area contributed by atoms with Crippen molar-refractivity contribution in [1.82, 2.24) is 14.8 Å². The molecule has 0 bridgehead atoms. The van der Waals surface area contributed by atoms with Crippen LogP contribution in [0.1, 0.15) is 35.1 Å². The summed E-state index contributed by atoms with van der Waals surface area (Å²) in [6.45, 7) is 4.72. The largest absolute Gasteiger partial charge is 0.294 e. The molecule has 0 saturated heterocycles. The molecule has 0 fully saturated rings. The summed E-state index contributed by atoms with van der Waals surface area (Å²) in [5, 5.41) is 4.64. The van der Waals surface area contributed by atoms with E-state index < -0.39 is 0 Å². The first-order valence-corrected chi connectivity index (χ1v) is 6.66. The molecule has 0 unspecified atom stereocenters. The molecule has 1 aromatic heterocycles. The van der Waals surface area contributed by atoms with E-state index in [2.05, 4.69) is 17.0 Å². The van der Waals surface area contributed by atoms with Crippen molar-refractivity contribution >= 4 is 17.4 Å². The first kappa shape index (κ1) is 13.7. The molecule has 2 rings (SSSR count). The van der Waals surface area contributed by atoms with Crippen LogP contribution in [0.2, 0.25) is 5.02 Å². The van der Waals surface area contributed by atoms with Crippen molar-refractivity contribution in [3.63, 3.8) is 0 Å². The second-order valence-corrected chi connectivity index (χ2v) is 4.81. The van der Waals surface area contributed by atoms with Gasteiger partial charge in [-0.15, -0.1) is 0 Å². The molecule has 1 heterocycles. The summed E-state index contributed by atoms with van der Waals surface area (Å²) >= 11 is 6.17. The van der Waals surface area contributed by atoms with E-state index in [1.807, 2.05) is 19.1 Å². The van der Waals surface area contributed by atoms with Gasteiger partial charge in [0.1, 0.15) is 12.2 Å². The predicted octanol–water partition coefficient (Wildman–Crippen LogP) is 3.08. The minimum Gasteiger partial charge on any atom is -0.294 e. The van der Waals surface area contributed by atoms with Gasteiger partial charge < -0.3 is 0 Å². The summed E-state index contributed by atoms with van der Waals surface area (Å²) in [6.07, 6.45) is 2.66. The first-order valence-electron chi connectivity index (χ1n) is 6.28. The molecule has 0 aliphatic heterocycles. The van der Waals surface area contributed by atoms with Crippen molar-refractivity contribution in [3.05, 3.63) is 46.5 Å². The maximum absolute atomic E-state index is 12.3. The molecule has 100 valence electrons. The highest BCUT2D eigenvalue weighted by Gasteiger charge is 2.15. The second-order valence-electron chi connectivity index (χ2n) is 4.44. The molecular formula is C14H16ClN3O. The van der Waals surface area contributed by atoms with Crippen LogP contribution < -0.4 is 0 Å². The summed E-state index contributed by atoms with van der Waals surface area (Å²) in [5.74, 6) is 0.656. The maximum atomic E-state index is 12.3. The van der Waals surface area contributed by atoms with Crippen LogP contribution in [0.3, 0.4) is 0 Å². The molecular weight excluding hydrogens is 262 g/mol. The fourth-order valence-electron chi connectivity index (χ4n) is 1.93. The molecule has 0 aliphatic carbocycles. The van der Waals surface area contributed by atoms with Gasteiger partial charge in [0.15, 0.2) is 5.78 Å². The lowest BCUT2D eigenvalue weighted by Gasteiger charge is -2.07. The molecule has 0 amide bonds. The molecule has 5 heteroatoms. The van der Waals surface area contributed by atoms with Gasteiger partial charge in [0.2, 0.25) is 0 Å². The Bertz CT molecular complexity index is 592. The Hall–Kier alpha value is -1.68. The maximum Gasteiger partial charge on any atom is 0.171 e. The Morgan fingerprint density at radius 1 is 1.42 bits per heavy atom. The lowest BCUT2D eigenvalue weighted by atomic mass is 10.1. The first-order chi connectivity index (χ1) is 9.13. The van der Waals surface area contributed by atoms with Crippen LogP contribution in [-0.4, -0.2) is 20.5 Å². The van der Waals surface area contributed by atoms with Crippen LogP contribution in [0.5, 0.6) is 0 Å². The highest BCUT2D eigenvalue weighted by Crippen LogP contribution is 2.21. The highest BCUT2D eigenvalue weighted by molar-refractivity contribution is 6.34. The Morgan fingerprint density at radius 3 is 2.95 bits per heavy atom. The Labute approximate surface area is 117 Å². The van der Waals surface area contributed by atoms with Crippen LogP contribution >= 0.6 is 11.6 Å². The topological polar surface area (TPSA) is 47.8 Å². The average Bonchev–Trinajstić information content (AvgIpc) is 2.80. The van der Waals surface area contributed by atoms with Gasteiger partial charge in [-0.25, -0.2) is 9.67 Å². The standard InChI is InChI=1S/C14H16ClN3O/c1-3-7-18-13(16-9-17-18)8-12(19)11-6-4-5-10(2)14(11)15/h4-6,9H,3,7-8H2,1-2H3. The number of rotatable bonds is 5. The number of carbonyl (C=O) groups is 1. The van der Waals surface area contributed by atoms with E-state index >= 15 is 0 Å². The third-order valence-corrected chi connectivity index (χ3v) is 3.44. The predicted molar refractivity (Wildman–Crippen MR) is 74.5 cm³/mol. The van der Waals surface area contributed by atoms with Crippen molar-refractivity contribution in [2.24, 2.45) is 0 Å². The number of halogens is 1. The van der Waals surface area contributed by atoms with Crippen molar-refractivity contribution in [2.75, 3.05) is 0 Å². The molecule has 0 N–H and O–H groups in total. The van der Waals surface area contributed by atoms with Crippen LogP contribution in [0.25, 0.3) is 0 Å². The lowest BCUT2D eigenvalue weighted by molar-refractivity contribution is 0.0989. The zero-order valence-corrected chi connectivity index (χ0v) is 11.8. The van der Waals surface area contributed by atoms with E-state index in [-0.39, 0.29) is 12.2 Å². The van der Waals surface area contributed by atoms with Gasteiger partial charge in [-0.1, -0.05) is 30.7 Å². The Balaban J connectivity index is 2.21. The van der Waals surface area contributed by atoms with Gasteiger partial charge in [0.05, 0.1) is 11.4 Å². The smallest absolute Gasteiger partial charge is 0.171 e. The quantitative estimate of drug-likeness (QED) is 0.789. The summed E-state index contributed by atoms with van der Waals surface area (Å²) in [7, 11) is 0. The fourth-order valence-corrected chi connectivity index (χ4v) is 2.16. The monoisotopic (exact) mass is 277 g/mol. The summed E-state index contributed by atoms with van der Waals surface area (Å²) in [5.41, 5.74) is 1.45. The highest BCUT2D eigenvalue weighted by atomic mass is 35.5. The number of carbonyl (C=O) groups excluding carboxylic acids is 1. The molecule has 1 aromatic carbocycles. The van der Waals surface area contributed by atoms with Gasteiger partial charge in [-0.05, 0) is 25.0 Å². The van der Waals surface area contributed by atoms with Crippen LogP contribution in [-0.2, 0) is 13.0 Å². The normalized spacial score (nSPS) is 10.7. The number of hydrogen-bond donors (Lipinski definition) is 0. The van der Waals surface area contributed by atoms with E-state index in [1.165, 1.54) is 6.33 Å². The number of aromatic nitrogens is 3. The molecule has 19 heavy (non-hydrogen) atoms. The number of ketones is 1. The van der Waals surface area contributed by atoms with E-state index in [0.29, 0.717) is 16.4 Å². The number of hydrogen-bond acceptors (Lipinski definition) is 3. The molecule has 0 aliphatic rings. The van der Waals surface area contributed by atoms with E-state index in [9.17, 15) is 4.79 Å². The van der Waals surface area contributed by atoms with Crippen molar-refractivity contribution < 1.29 is 4.79 Å². The van der Waals surface area contributed by atoms with Gasteiger partial charge in [-0.3, -0.25) is 4.79 Å². The molecule has 0 atom stereocenters. The van der Waals surface area contributed by atoms with E-state index in [4.69, 9.17) is 11.6 Å². The van der Waals surface area contributed by atoms with Gasteiger partial charge >= 0.3 is 0 Å². The molecule has 4 nitrogen and oxygen atoms in total. The molecule has 0 saturated carbocycles. The molecule has 2 aromatic rings. The van der Waals surface area contributed by atoms with Crippen LogP contribution in [0.4, 0.5) is 0 Å². The van der Waals surface area contributed by atoms with Crippen LogP contribution in [0, 0.1) is 6.92 Å². The Morgan fingerprint density at radius 2 is 2.21 bits per heavy atom. The van der Waals surface area contributed by atoms with Crippen molar-refractivity contribution in [2.45, 2.75) is 33.2 Å². The summed E-state index contributed by atoms with van der Waals surface area (Å²) in [6, 6.07) is 5.47. The summed E-state index contributed by atoms with van der Waals surface area (Å²) < 4.78 is 1.77. The lowest BCUT2D eigenvalue weighted by Crippen LogP contribution is -2.12.